The van der Waals surface area contributed by atoms with Crippen molar-refractivity contribution in [1.29, 1.82) is 0 Å². The molecule has 2 fully saturated rings. The van der Waals surface area contributed by atoms with Gasteiger partial charge in [0.15, 0.2) is 11.5 Å². The van der Waals surface area contributed by atoms with Gasteiger partial charge in [0.2, 0.25) is 5.75 Å². The Morgan fingerprint density at radius 1 is 1.03 bits per heavy atom. The molecule has 1 unspecified atom stereocenters. The first-order chi connectivity index (χ1) is 16.5. The van der Waals surface area contributed by atoms with Crippen LogP contribution in [0.4, 0.5) is 0 Å². The molecule has 2 aromatic carbocycles. The molecule has 0 radical (unpaired) electrons. The van der Waals surface area contributed by atoms with Crippen LogP contribution in [0.25, 0.3) is 11.1 Å². The Hall–Kier alpha value is -3.22. The smallest absolute Gasteiger partial charge is 0.313 e. The molecule has 3 aliphatic rings. The summed E-state index contributed by atoms with van der Waals surface area (Å²) in [4.78, 5) is 24.6. The SMILES string of the molecule is COc1ccc(-c2ccc3c(c2)CNC3=O)c(OC(C2CCCC2)C2(C(=O)O)CCC2)c1OC. The second-order valence-corrected chi connectivity index (χ2v) is 9.63. The Morgan fingerprint density at radius 2 is 1.76 bits per heavy atom. The van der Waals surface area contributed by atoms with E-state index >= 15 is 0 Å². The maximum atomic E-state index is 12.5. The fraction of sp³-hybridized carbons (Fsp3) is 0.481. The van der Waals surface area contributed by atoms with E-state index in [1.54, 1.807) is 14.2 Å². The topological polar surface area (TPSA) is 94.1 Å². The second kappa shape index (κ2) is 8.85. The highest BCUT2D eigenvalue weighted by Gasteiger charge is 2.55. The fourth-order valence-electron chi connectivity index (χ4n) is 5.87. The maximum absolute atomic E-state index is 12.5. The van der Waals surface area contributed by atoms with Crippen molar-refractivity contribution in [3.8, 4) is 28.4 Å². The summed E-state index contributed by atoms with van der Waals surface area (Å²) in [7, 11) is 3.15. The number of rotatable bonds is 8. The van der Waals surface area contributed by atoms with E-state index in [1.807, 2.05) is 30.3 Å². The number of ether oxygens (including phenoxy) is 3. The monoisotopic (exact) mass is 465 g/mol. The zero-order valence-electron chi connectivity index (χ0n) is 19.7. The molecule has 7 heteroatoms. The van der Waals surface area contributed by atoms with Crippen LogP contribution in [0.2, 0.25) is 0 Å². The Labute approximate surface area is 199 Å². The van der Waals surface area contributed by atoms with Crippen molar-refractivity contribution in [2.24, 2.45) is 11.3 Å². The summed E-state index contributed by atoms with van der Waals surface area (Å²) in [6, 6.07) is 9.47. The van der Waals surface area contributed by atoms with E-state index in [0.29, 0.717) is 42.2 Å². The average Bonchev–Trinajstić information content (AvgIpc) is 3.47. The molecular weight excluding hydrogens is 434 g/mol. The van der Waals surface area contributed by atoms with Gasteiger partial charge in [0.1, 0.15) is 11.5 Å². The Kier molecular flexibility index (Phi) is 5.88. The number of carboxylic acids is 1. The van der Waals surface area contributed by atoms with E-state index in [0.717, 1.165) is 48.8 Å². The zero-order valence-corrected chi connectivity index (χ0v) is 19.7. The highest BCUT2D eigenvalue weighted by atomic mass is 16.5. The minimum Gasteiger partial charge on any atom is -0.493 e. The molecule has 0 bridgehead atoms. The van der Waals surface area contributed by atoms with Crippen molar-refractivity contribution < 1.29 is 28.9 Å². The molecular formula is C27H31NO6. The van der Waals surface area contributed by atoms with Crippen molar-refractivity contribution in [2.45, 2.75) is 57.6 Å². The van der Waals surface area contributed by atoms with Gasteiger partial charge in [-0.2, -0.15) is 0 Å². The summed E-state index contributed by atoms with van der Waals surface area (Å²) >= 11 is 0. The van der Waals surface area contributed by atoms with E-state index in [1.165, 1.54) is 0 Å². The van der Waals surface area contributed by atoms with E-state index in [4.69, 9.17) is 14.2 Å². The van der Waals surface area contributed by atoms with E-state index in [-0.39, 0.29) is 11.8 Å². The van der Waals surface area contributed by atoms with Crippen LogP contribution in [0.15, 0.2) is 30.3 Å². The van der Waals surface area contributed by atoms with Gasteiger partial charge in [-0.25, -0.2) is 0 Å². The van der Waals surface area contributed by atoms with Crippen molar-refractivity contribution in [3.63, 3.8) is 0 Å². The van der Waals surface area contributed by atoms with Crippen molar-refractivity contribution in [2.75, 3.05) is 14.2 Å². The zero-order chi connectivity index (χ0) is 23.9. The van der Waals surface area contributed by atoms with Crippen molar-refractivity contribution >= 4 is 11.9 Å². The molecule has 5 rings (SSSR count). The van der Waals surface area contributed by atoms with E-state index < -0.39 is 17.5 Å². The number of benzene rings is 2. The van der Waals surface area contributed by atoms with Gasteiger partial charge in [0.05, 0.1) is 14.2 Å². The highest BCUT2D eigenvalue weighted by Crippen LogP contribution is 2.53. The molecule has 1 heterocycles. The van der Waals surface area contributed by atoms with Crippen LogP contribution in [-0.2, 0) is 11.3 Å². The van der Waals surface area contributed by atoms with Gasteiger partial charge in [0, 0.05) is 17.7 Å². The number of hydrogen-bond acceptors (Lipinski definition) is 5. The summed E-state index contributed by atoms with van der Waals surface area (Å²) in [5, 5.41) is 13.1. The quantitative estimate of drug-likeness (QED) is 0.581. The first kappa shape index (κ1) is 22.6. The molecule has 180 valence electrons. The number of hydrogen-bond donors (Lipinski definition) is 2. The third-order valence-electron chi connectivity index (χ3n) is 7.89. The third kappa shape index (κ3) is 3.58. The molecule has 2 saturated carbocycles. The molecule has 1 atom stereocenters. The van der Waals surface area contributed by atoms with Gasteiger partial charge in [-0.15, -0.1) is 0 Å². The number of carbonyl (C=O) groups is 2. The number of carboxylic acid groups (broad SMARTS) is 1. The van der Waals surface area contributed by atoms with Crippen LogP contribution in [0.3, 0.4) is 0 Å². The number of aliphatic carboxylic acids is 1. The van der Waals surface area contributed by atoms with E-state index in [9.17, 15) is 14.7 Å². The molecule has 2 aromatic rings. The molecule has 0 saturated heterocycles. The minimum absolute atomic E-state index is 0.0694. The van der Waals surface area contributed by atoms with Crippen LogP contribution in [0.5, 0.6) is 17.2 Å². The summed E-state index contributed by atoms with van der Waals surface area (Å²) in [6.45, 7) is 0.484. The van der Waals surface area contributed by atoms with Gasteiger partial charge in [0.25, 0.3) is 5.91 Å². The second-order valence-electron chi connectivity index (χ2n) is 9.63. The van der Waals surface area contributed by atoms with Crippen LogP contribution < -0.4 is 19.5 Å². The van der Waals surface area contributed by atoms with Gasteiger partial charge in [-0.3, -0.25) is 9.59 Å². The van der Waals surface area contributed by atoms with E-state index in [2.05, 4.69) is 5.32 Å². The molecule has 2 N–H and O–H groups in total. The standard InChI is InChI=1S/C27H31NO6/c1-32-21-11-10-19(17-8-9-20-18(14-17)15-28-25(20)29)22(23(21)33-2)34-24(16-6-3-4-7-16)27(26(30)31)12-5-13-27/h8-11,14,16,24H,3-7,12-13,15H2,1-2H3,(H,28,29)(H,30,31). The largest absolute Gasteiger partial charge is 0.493 e. The summed E-state index contributed by atoms with van der Waals surface area (Å²) < 4.78 is 18.1. The van der Waals surface area contributed by atoms with Gasteiger partial charge in [-0.1, -0.05) is 25.3 Å². The third-order valence-corrected chi connectivity index (χ3v) is 7.89. The first-order valence-corrected chi connectivity index (χ1v) is 12.0. The summed E-state index contributed by atoms with van der Waals surface area (Å²) in [5.41, 5.74) is 2.40. The molecule has 0 aromatic heterocycles. The number of amides is 1. The summed E-state index contributed by atoms with van der Waals surface area (Å²) in [5.74, 6) is 0.826. The van der Waals surface area contributed by atoms with Crippen LogP contribution >= 0.6 is 0 Å². The predicted octanol–water partition coefficient (Wildman–Crippen LogP) is 4.81. The number of fused-ring (bicyclic) bond motifs is 1. The Balaban J connectivity index is 1.63. The molecule has 7 nitrogen and oxygen atoms in total. The lowest BCUT2D eigenvalue weighted by Crippen LogP contribution is -2.53. The average molecular weight is 466 g/mol. The lowest BCUT2D eigenvalue weighted by molar-refractivity contribution is -0.167. The minimum atomic E-state index is -0.880. The van der Waals surface area contributed by atoms with Crippen molar-refractivity contribution in [1.82, 2.24) is 5.32 Å². The molecule has 1 amide bonds. The van der Waals surface area contributed by atoms with Gasteiger partial charge >= 0.3 is 5.97 Å². The Bertz CT molecular complexity index is 1120. The lowest BCUT2D eigenvalue weighted by atomic mass is 9.62. The number of nitrogens with one attached hydrogen (secondary N) is 1. The van der Waals surface area contributed by atoms with Gasteiger partial charge < -0.3 is 24.6 Å². The first-order valence-electron chi connectivity index (χ1n) is 12.0. The van der Waals surface area contributed by atoms with Gasteiger partial charge in [-0.05, 0) is 67.0 Å². The van der Waals surface area contributed by atoms with Crippen LogP contribution in [-0.4, -0.2) is 37.3 Å². The number of methoxy groups -OCH3 is 2. The van der Waals surface area contributed by atoms with Crippen LogP contribution in [0, 0.1) is 11.3 Å². The Morgan fingerprint density at radius 3 is 2.38 bits per heavy atom. The lowest BCUT2D eigenvalue weighted by Gasteiger charge is -2.46. The fourth-order valence-corrected chi connectivity index (χ4v) is 5.87. The number of carbonyl (C=O) groups excluding carboxylic acids is 1. The van der Waals surface area contributed by atoms with Crippen LogP contribution in [0.1, 0.15) is 60.9 Å². The molecule has 1 aliphatic heterocycles. The summed E-state index contributed by atoms with van der Waals surface area (Å²) in [6.07, 6.45) is 5.81. The highest BCUT2D eigenvalue weighted by molar-refractivity contribution is 5.99. The molecule has 34 heavy (non-hydrogen) atoms. The normalized spacial score (nSPS) is 19.6. The molecule has 0 spiro atoms. The van der Waals surface area contributed by atoms with Crippen molar-refractivity contribution in [3.05, 3.63) is 41.5 Å². The predicted molar refractivity (Wildman–Crippen MR) is 126 cm³/mol. The molecule has 2 aliphatic carbocycles. The maximum Gasteiger partial charge on any atom is 0.313 e.